The molecule has 0 radical (unpaired) electrons. The Morgan fingerprint density at radius 2 is 1.93 bits per heavy atom. The highest BCUT2D eigenvalue weighted by Gasteiger charge is 2.10. The van der Waals surface area contributed by atoms with Crippen LogP contribution in [-0.2, 0) is 13.0 Å². The van der Waals surface area contributed by atoms with Crippen LogP contribution in [-0.4, -0.2) is 21.9 Å². The first kappa shape index (κ1) is 18.8. The number of thiocarbonyl (C=S) groups is 1. The number of nitrogens with zero attached hydrogens (tertiary/aromatic N) is 2. The highest BCUT2D eigenvalue weighted by atomic mass is 32.1. The van der Waals surface area contributed by atoms with Crippen LogP contribution < -0.4 is 15.6 Å². The molecular weight excluding hydrogens is 358 g/mol. The molecule has 2 aromatic carbocycles. The lowest BCUT2D eigenvalue weighted by atomic mass is 10.1. The Hall–Kier alpha value is -2.99. The van der Waals surface area contributed by atoms with Gasteiger partial charge in [0.2, 0.25) is 0 Å². The normalized spacial score (nSPS) is 10.4. The highest BCUT2D eigenvalue weighted by molar-refractivity contribution is 7.80. The zero-order chi connectivity index (χ0) is 19.2. The number of aromatic nitrogens is 2. The molecule has 3 rings (SSSR count). The van der Waals surface area contributed by atoms with Crippen LogP contribution in [0.4, 0.5) is 5.69 Å². The third-order valence-corrected chi connectivity index (χ3v) is 4.28. The molecule has 0 amide bonds. The molecule has 0 aliphatic heterocycles. The van der Waals surface area contributed by atoms with Crippen LogP contribution >= 0.6 is 12.2 Å². The predicted molar refractivity (Wildman–Crippen MR) is 112 cm³/mol. The average Bonchev–Trinajstić information content (AvgIpc) is 2.66. The van der Waals surface area contributed by atoms with E-state index in [2.05, 4.69) is 10.4 Å². The first-order valence-electron chi connectivity index (χ1n) is 8.60. The molecule has 138 valence electrons. The van der Waals surface area contributed by atoms with Crippen molar-refractivity contribution in [2.75, 3.05) is 12.4 Å². The summed E-state index contributed by atoms with van der Waals surface area (Å²) in [7, 11) is 1.63. The van der Waals surface area contributed by atoms with E-state index in [1.807, 2.05) is 67.6 Å². The van der Waals surface area contributed by atoms with Crippen LogP contribution in [0.3, 0.4) is 0 Å². The van der Waals surface area contributed by atoms with Crippen LogP contribution in [0.5, 0.6) is 5.75 Å². The highest BCUT2D eigenvalue weighted by Crippen LogP contribution is 2.15. The molecule has 0 bridgehead atoms. The Kier molecular flexibility index (Phi) is 5.98. The second-order valence-corrected chi connectivity index (χ2v) is 6.71. The minimum absolute atomic E-state index is 0.138. The third-order valence-electron chi connectivity index (χ3n) is 4.05. The van der Waals surface area contributed by atoms with Crippen LogP contribution in [0.1, 0.15) is 16.8 Å². The SMILES string of the molecule is COc1cccc(Cc2cc(C)nn(CC(=S)Nc3ccccc3)c2=O)c1. The van der Waals surface area contributed by atoms with Crippen LogP contribution in [0.25, 0.3) is 0 Å². The first-order chi connectivity index (χ1) is 13.0. The van der Waals surface area contributed by atoms with E-state index in [0.29, 0.717) is 17.0 Å². The van der Waals surface area contributed by atoms with Gasteiger partial charge in [0.1, 0.15) is 10.7 Å². The van der Waals surface area contributed by atoms with E-state index in [1.165, 1.54) is 4.68 Å². The monoisotopic (exact) mass is 379 g/mol. The molecule has 0 spiro atoms. The summed E-state index contributed by atoms with van der Waals surface area (Å²) >= 11 is 5.40. The number of anilines is 1. The molecule has 0 saturated carbocycles. The number of hydrogen-bond acceptors (Lipinski definition) is 4. The Morgan fingerprint density at radius 1 is 1.15 bits per heavy atom. The Morgan fingerprint density at radius 3 is 2.67 bits per heavy atom. The number of benzene rings is 2. The Labute approximate surface area is 163 Å². The zero-order valence-electron chi connectivity index (χ0n) is 15.3. The summed E-state index contributed by atoms with van der Waals surface area (Å²) in [6.07, 6.45) is 0.512. The molecule has 1 aromatic heterocycles. The molecule has 0 aliphatic rings. The van der Waals surface area contributed by atoms with Crippen molar-refractivity contribution in [2.24, 2.45) is 0 Å². The van der Waals surface area contributed by atoms with E-state index in [4.69, 9.17) is 17.0 Å². The van der Waals surface area contributed by atoms with Gasteiger partial charge in [-0.2, -0.15) is 5.10 Å². The van der Waals surface area contributed by atoms with Crippen molar-refractivity contribution in [3.8, 4) is 5.75 Å². The van der Waals surface area contributed by atoms with Gasteiger partial charge in [0.25, 0.3) is 5.56 Å². The van der Waals surface area contributed by atoms with Gasteiger partial charge in [-0.05, 0) is 42.8 Å². The van der Waals surface area contributed by atoms with Crippen molar-refractivity contribution in [3.05, 3.63) is 87.8 Å². The molecule has 0 aliphatic carbocycles. The van der Waals surface area contributed by atoms with E-state index in [0.717, 1.165) is 22.7 Å². The van der Waals surface area contributed by atoms with Crippen LogP contribution in [0.15, 0.2) is 65.5 Å². The van der Waals surface area contributed by atoms with Gasteiger partial charge in [-0.15, -0.1) is 0 Å². The summed E-state index contributed by atoms with van der Waals surface area (Å²) < 4.78 is 6.68. The van der Waals surface area contributed by atoms with E-state index < -0.39 is 0 Å². The maximum atomic E-state index is 12.8. The van der Waals surface area contributed by atoms with E-state index in [1.54, 1.807) is 7.11 Å². The standard InChI is InChI=1S/C21H21N3O2S/c1-15-11-17(12-16-7-6-10-19(13-16)26-2)21(25)24(23-15)14-20(27)22-18-8-4-3-5-9-18/h3-11,13H,12,14H2,1-2H3,(H,22,27). The van der Waals surface area contributed by atoms with Crippen molar-refractivity contribution in [2.45, 2.75) is 19.9 Å². The van der Waals surface area contributed by atoms with Gasteiger partial charge >= 0.3 is 0 Å². The number of aryl methyl sites for hydroxylation is 1. The lowest BCUT2D eigenvalue weighted by molar-refractivity contribution is 0.414. The minimum Gasteiger partial charge on any atom is -0.497 e. The molecule has 0 saturated heterocycles. The van der Waals surface area contributed by atoms with Crippen molar-refractivity contribution in [1.82, 2.24) is 9.78 Å². The molecule has 27 heavy (non-hydrogen) atoms. The fourth-order valence-corrected chi connectivity index (χ4v) is 3.08. The summed E-state index contributed by atoms with van der Waals surface area (Å²) in [5.74, 6) is 0.770. The molecule has 0 atom stereocenters. The van der Waals surface area contributed by atoms with Gasteiger partial charge in [0.15, 0.2) is 0 Å². The molecule has 1 N–H and O–H groups in total. The van der Waals surface area contributed by atoms with Gasteiger partial charge in [-0.25, -0.2) is 4.68 Å². The summed E-state index contributed by atoms with van der Waals surface area (Å²) in [6.45, 7) is 2.11. The third kappa shape index (κ3) is 5.01. The second-order valence-electron chi connectivity index (χ2n) is 6.22. The van der Waals surface area contributed by atoms with Crippen molar-refractivity contribution in [3.63, 3.8) is 0 Å². The first-order valence-corrected chi connectivity index (χ1v) is 9.01. The number of methoxy groups -OCH3 is 1. The van der Waals surface area contributed by atoms with Gasteiger partial charge < -0.3 is 10.1 Å². The van der Waals surface area contributed by atoms with Gasteiger partial charge in [0, 0.05) is 17.7 Å². The maximum absolute atomic E-state index is 12.8. The molecule has 3 aromatic rings. The summed E-state index contributed by atoms with van der Waals surface area (Å²) in [5, 5.41) is 7.48. The van der Waals surface area contributed by atoms with Crippen LogP contribution in [0, 0.1) is 6.92 Å². The van der Waals surface area contributed by atoms with Crippen molar-refractivity contribution in [1.29, 1.82) is 0 Å². The summed E-state index contributed by atoms with van der Waals surface area (Å²) in [6, 6.07) is 19.2. The van der Waals surface area contributed by atoms with E-state index >= 15 is 0 Å². The van der Waals surface area contributed by atoms with E-state index in [-0.39, 0.29) is 12.1 Å². The topological polar surface area (TPSA) is 56.1 Å². The Bertz CT molecular complexity index is 1000. The number of ether oxygens (including phenoxy) is 1. The smallest absolute Gasteiger partial charge is 0.270 e. The lowest BCUT2D eigenvalue weighted by Gasteiger charge is -2.12. The molecule has 6 heteroatoms. The largest absolute Gasteiger partial charge is 0.497 e. The quantitative estimate of drug-likeness (QED) is 0.664. The number of nitrogens with one attached hydrogen (secondary N) is 1. The van der Waals surface area contributed by atoms with Crippen molar-refractivity contribution < 1.29 is 4.74 Å². The molecule has 0 unspecified atom stereocenters. The fraction of sp³-hybridized carbons (Fsp3) is 0.190. The van der Waals surface area contributed by atoms with Gasteiger partial charge in [0.05, 0.1) is 19.3 Å². The minimum atomic E-state index is -0.138. The summed E-state index contributed by atoms with van der Waals surface area (Å²) in [5.41, 5.74) is 3.21. The van der Waals surface area contributed by atoms with E-state index in [9.17, 15) is 4.79 Å². The zero-order valence-corrected chi connectivity index (χ0v) is 16.1. The predicted octanol–water partition coefficient (Wildman–Crippen LogP) is 3.59. The van der Waals surface area contributed by atoms with Crippen molar-refractivity contribution >= 4 is 22.9 Å². The molecular formula is C21H21N3O2S. The Balaban J connectivity index is 1.80. The lowest BCUT2D eigenvalue weighted by Crippen LogP contribution is -2.31. The number of para-hydroxylation sites is 1. The fourth-order valence-electron chi connectivity index (χ4n) is 2.84. The maximum Gasteiger partial charge on any atom is 0.270 e. The molecule has 1 heterocycles. The number of rotatable bonds is 6. The van der Waals surface area contributed by atoms with Gasteiger partial charge in [-0.3, -0.25) is 4.79 Å². The second kappa shape index (κ2) is 8.60. The number of hydrogen-bond donors (Lipinski definition) is 1. The molecule has 5 nitrogen and oxygen atoms in total. The van der Waals surface area contributed by atoms with Gasteiger partial charge in [-0.1, -0.05) is 42.5 Å². The summed E-state index contributed by atoms with van der Waals surface area (Å²) in [4.78, 5) is 13.4. The van der Waals surface area contributed by atoms with Crippen LogP contribution in [0.2, 0.25) is 0 Å². The average molecular weight is 379 g/mol. The molecule has 0 fully saturated rings.